The summed E-state index contributed by atoms with van der Waals surface area (Å²) in [5.74, 6) is -0.292. The second kappa shape index (κ2) is 6.38. The summed E-state index contributed by atoms with van der Waals surface area (Å²) in [5.41, 5.74) is 0.275. The van der Waals surface area contributed by atoms with Gasteiger partial charge in [-0.25, -0.2) is 4.98 Å². The van der Waals surface area contributed by atoms with Gasteiger partial charge in [-0.2, -0.15) is 0 Å². The van der Waals surface area contributed by atoms with Gasteiger partial charge in [0.05, 0.1) is 11.9 Å². The van der Waals surface area contributed by atoms with Crippen LogP contribution in [0.4, 0.5) is 0 Å². The van der Waals surface area contributed by atoms with E-state index in [2.05, 4.69) is 26.2 Å². The first-order chi connectivity index (χ1) is 9.16. The van der Waals surface area contributed by atoms with Crippen LogP contribution in [-0.4, -0.2) is 27.1 Å². The highest BCUT2D eigenvalue weighted by Crippen LogP contribution is 2.21. The van der Waals surface area contributed by atoms with Gasteiger partial charge in [0, 0.05) is 30.0 Å². The SMILES string of the molecule is O=C(NCCCn1ccnc1)c1cc(Br)ccc1O. The Kier molecular flexibility index (Phi) is 4.57. The lowest BCUT2D eigenvalue weighted by molar-refractivity contribution is 0.0950. The van der Waals surface area contributed by atoms with Gasteiger partial charge in [0.2, 0.25) is 0 Å². The van der Waals surface area contributed by atoms with Crippen LogP contribution in [0.3, 0.4) is 0 Å². The van der Waals surface area contributed by atoms with Crippen LogP contribution >= 0.6 is 15.9 Å². The van der Waals surface area contributed by atoms with E-state index in [0.29, 0.717) is 6.54 Å². The second-order valence-corrected chi connectivity index (χ2v) is 4.99. The first kappa shape index (κ1) is 13.6. The molecule has 0 unspecified atom stereocenters. The molecule has 0 aliphatic carbocycles. The number of aryl methyl sites for hydroxylation is 1. The number of nitrogens with zero attached hydrogens (tertiary/aromatic N) is 2. The van der Waals surface area contributed by atoms with Crippen molar-refractivity contribution in [3.8, 4) is 5.75 Å². The van der Waals surface area contributed by atoms with Crippen LogP contribution in [0.1, 0.15) is 16.8 Å². The number of hydrogen-bond acceptors (Lipinski definition) is 3. The molecule has 5 nitrogen and oxygen atoms in total. The van der Waals surface area contributed by atoms with Gasteiger partial charge in [-0.05, 0) is 24.6 Å². The fraction of sp³-hybridized carbons (Fsp3) is 0.231. The number of amides is 1. The first-order valence-corrected chi connectivity index (χ1v) is 6.68. The Morgan fingerprint density at radius 3 is 3.05 bits per heavy atom. The summed E-state index contributed by atoms with van der Waals surface area (Å²) in [4.78, 5) is 15.8. The third kappa shape index (κ3) is 3.82. The molecule has 1 aromatic carbocycles. The van der Waals surface area contributed by atoms with Crippen LogP contribution < -0.4 is 5.32 Å². The maximum absolute atomic E-state index is 11.9. The lowest BCUT2D eigenvalue weighted by atomic mass is 10.2. The van der Waals surface area contributed by atoms with E-state index in [1.807, 2.05) is 10.8 Å². The van der Waals surface area contributed by atoms with Gasteiger partial charge in [-0.1, -0.05) is 15.9 Å². The van der Waals surface area contributed by atoms with Crippen LogP contribution in [0.2, 0.25) is 0 Å². The van der Waals surface area contributed by atoms with Crippen LogP contribution in [0.15, 0.2) is 41.4 Å². The Morgan fingerprint density at radius 2 is 2.32 bits per heavy atom. The van der Waals surface area contributed by atoms with Crippen molar-refractivity contribution in [3.05, 3.63) is 47.0 Å². The van der Waals surface area contributed by atoms with Gasteiger partial charge in [-0.3, -0.25) is 4.79 Å². The van der Waals surface area contributed by atoms with E-state index < -0.39 is 0 Å². The molecule has 1 amide bonds. The molecule has 0 aliphatic rings. The number of hydrogen-bond donors (Lipinski definition) is 2. The molecular formula is C13H14BrN3O2. The molecular weight excluding hydrogens is 310 g/mol. The van der Waals surface area contributed by atoms with Crippen molar-refractivity contribution in [1.29, 1.82) is 0 Å². The standard InChI is InChI=1S/C13H14BrN3O2/c14-10-2-3-12(18)11(8-10)13(19)16-4-1-6-17-7-5-15-9-17/h2-3,5,7-9,18H,1,4,6H2,(H,16,19). The third-order valence-electron chi connectivity index (χ3n) is 2.64. The third-order valence-corrected chi connectivity index (χ3v) is 3.13. The Labute approximate surface area is 119 Å². The van der Waals surface area contributed by atoms with E-state index in [1.54, 1.807) is 24.7 Å². The number of aromatic hydroxyl groups is 1. The molecule has 0 fully saturated rings. The van der Waals surface area contributed by atoms with Crippen molar-refractivity contribution in [2.75, 3.05) is 6.54 Å². The Hall–Kier alpha value is -1.82. The van der Waals surface area contributed by atoms with Crippen molar-refractivity contribution in [3.63, 3.8) is 0 Å². The smallest absolute Gasteiger partial charge is 0.255 e. The van der Waals surface area contributed by atoms with Gasteiger partial charge in [-0.15, -0.1) is 0 Å². The number of benzene rings is 1. The summed E-state index contributed by atoms with van der Waals surface area (Å²) in [5, 5.41) is 12.4. The van der Waals surface area contributed by atoms with Gasteiger partial charge < -0.3 is 15.0 Å². The monoisotopic (exact) mass is 323 g/mol. The van der Waals surface area contributed by atoms with Crippen LogP contribution in [0.25, 0.3) is 0 Å². The zero-order valence-electron chi connectivity index (χ0n) is 10.2. The van der Waals surface area contributed by atoms with Crippen molar-refractivity contribution < 1.29 is 9.90 Å². The quantitative estimate of drug-likeness (QED) is 0.829. The minimum absolute atomic E-state index is 0.0182. The highest BCUT2D eigenvalue weighted by atomic mass is 79.9. The van der Waals surface area contributed by atoms with Crippen LogP contribution in [0.5, 0.6) is 5.75 Å². The minimum atomic E-state index is -0.274. The van der Waals surface area contributed by atoms with Crippen molar-refractivity contribution >= 4 is 21.8 Å². The molecule has 1 aromatic heterocycles. The second-order valence-electron chi connectivity index (χ2n) is 4.07. The summed E-state index contributed by atoms with van der Waals surface area (Å²) in [6, 6.07) is 4.77. The number of imidazole rings is 1. The average molecular weight is 324 g/mol. The number of carbonyl (C=O) groups excluding carboxylic acids is 1. The largest absolute Gasteiger partial charge is 0.507 e. The molecule has 0 saturated heterocycles. The normalized spacial score (nSPS) is 10.4. The zero-order chi connectivity index (χ0) is 13.7. The van der Waals surface area contributed by atoms with Crippen LogP contribution in [0, 0.1) is 0 Å². The fourth-order valence-electron chi connectivity index (χ4n) is 1.67. The number of aromatic nitrogens is 2. The van der Waals surface area contributed by atoms with Gasteiger partial charge in [0.25, 0.3) is 5.91 Å². The molecule has 1 heterocycles. The highest BCUT2D eigenvalue weighted by Gasteiger charge is 2.10. The summed E-state index contributed by atoms with van der Waals surface area (Å²) < 4.78 is 2.71. The number of halogens is 1. The van der Waals surface area contributed by atoms with Crippen molar-refractivity contribution in [2.45, 2.75) is 13.0 Å². The number of phenols is 1. The molecule has 0 radical (unpaired) electrons. The maximum atomic E-state index is 11.9. The molecule has 0 bridgehead atoms. The lowest BCUT2D eigenvalue weighted by Gasteiger charge is -2.07. The molecule has 0 saturated carbocycles. The number of nitrogens with one attached hydrogen (secondary N) is 1. The van der Waals surface area contributed by atoms with E-state index in [-0.39, 0.29) is 17.2 Å². The first-order valence-electron chi connectivity index (χ1n) is 5.89. The molecule has 0 atom stereocenters. The molecule has 0 aliphatic heterocycles. The molecule has 100 valence electrons. The molecule has 2 rings (SSSR count). The predicted octanol–water partition coefficient (Wildman–Crippen LogP) is 2.17. The minimum Gasteiger partial charge on any atom is -0.507 e. The number of carbonyl (C=O) groups is 1. The molecule has 2 N–H and O–H groups in total. The molecule has 0 spiro atoms. The molecule has 2 aromatic rings. The molecule has 6 heteroatoms. The fourth-order valence-corrected chi connectivity index (χ4v) is 2.03. The Morgan fingerprint density at radius 1 is 1.47 bits per heavy atom. The maximum Gasteiger partial charge on any atom is 0.255 e. The molecule has 19 heavy (non-hydrogen) atoms. The van der Waals surface area contributed by atoms with Crippen LogP contribution in [-0.2, 0) is 6.54 Å². The van der Waals surface area contributed by atoms with E-state index in [1.165, 1.54) is 6.07 Å². The Bertz CT molecular complexity index is 555. The van der Waals surface area contributed by atoms with Gasteiger partial charge in [0.15, 0.2) is 0 Å². The summed E-state index contributed by atoms with van der Waals surface area (Å²) in [6.07, 6.45) is 6.14. The van der Waals surface area contributed by atoms with Gasteiger partial charge in [0.1, 0.15) is 5.75 Å². The van der Waals surface area contributed by atoms with Gasteiger partial charge >= 0.3 is 0 Å². The topological polar surface area (TPSA) is 67.2 Å². The predicted molar refractivity (Wildman–Crippen MR) is 75.0 cm³/mol. The average Bonchev–Trinajstić information content (AvgIpc) is 2.90. The van der Waals surface area contributed by atoms with Crippen molar-refractivity contribution in [2.24, 2.45) is 0 Å². The summed E-state index contributed by atoms with van der Waals surface area (Å²) >= 11 is 3.27. The van der Waals surface area contributed by atoms with E-state index in [9.17, 15) is 9.90 Å². The zero-order valence-corrected chi connectivity index (χ0v) is 11.8. The van der Waals surface area contributed by atoms with E-state index in [4.69, 9.17) is 0 Å². The summed E-state index contributed by atoms with van der Waals surface area (Å²) in [6.45, 7) is 1.34. The number of rotatable bonds is 5. The highest BCUT2D eigenvalue weighted by molar-refractivity contribution is 9.10. The van der Waals surface area contributed by atoms with E-state index >= 15 is 0 Å². The number of phenolic OH excluding ortho intramolecular Hbond substituents is 1. The van der Waals surface area contributed by atoms with Crippen molar-refractivity contribution in [1.82, 2.24) is 14.9 Å². The van der Waals surface area contributed by atoms with E-state index in [0.717, 1.165) is 17.4 Å². The summed E-state index contributed by atoms with van der Waals surface area (Å²) in [7, 11) is 0. The lowest BCUT2D eigenvalue weighted by Crippen LogP contribution is -2.25. The Balaban J connectivity index is 1.82.